The number of rotatable bonds is 4. The van der Waals surface area contributed by atoms with Crippen molar-refractivity contribution < 1.29 is 9.53 Å². The van der Waals surface area contributed by atoms with Gasteiger partial charge < -0.3 is 20.3 Å². The van der Waals surface area contributed by atoms with Gasteiger partial charge in [-0.15, -0.1) is 0 Å². The largest absolute Gasteiger partial charge is 0.377 e. The summed E-state index contributed by atoms with van der Waals surface area (Å²) >= 11 is 0. The summed E-state index contributed by atoms with van der Waals surface area (Å²) in [7, 11) is 2.11. The molecule has 0 spiro atoms. The van der Waals surface area contributed by atoms with Crippen LogP contribution in [0.25, 0.3) is 11.4 Å². The quantitative estimate of drug-likeness (QED) is 0.809. The number of fused-ring (bicyclic) bond motifs is 1. The Morgan fingerprint density at radius 2 is 1.97 bits per heavy atom. The number of anilines is 2. The molecule has 1 aromatic carbocycles. The minimum absolute atomic E-state index is 0.148. The number of nitrogens with one attached hydrogen (secondary N) is 2. The first-order valence-corrected chi connectivity index (χ1v) is 10.7. The van der Waals surface area contributed by atoms with Gasteiger partial charge in [0.1, 0.15) is 5.82 Å². The summed E-state index contributed by atoms with van der Waals surface area (Å²) < 4.78 is 5.63. The zero-order valence-corrected chi connectivity index (χ0v) is 17.5. The number of urea groups is 1. The van der Waals surface area contributed by atoms with E-state index >= 15 is 0 Å². The smallest absolute Gasteiger partial charge is 0.319 e. The first-order valence-electron chi connectivity index (χ1n) is 10.7. The van der Waals surface area contributed by atoms with Gasteiger partial charge in [0.2, 0.25) is 0 Å². The average Bonchev–Trinajstić information content (AvgIpc) is 3.45. The number of ether oxygens (including phenoxy) is 1. The van der Waals surface area contributed by atoms with Crippen molar-refractivity contribution in [2.45, 2.75) is 44.9 Å². The second-order valence-electron chi connectivity index (χ2n) is 8.54. The number of aromatic nitrogens is 2. The van der Waals surface area contributed by atoms with Crippen molar-refractivity contribution in [3.63, 3.8) is 0 Å². The predicted molar refractivity (Wildman–Crippen MR) is 115 cm³/mol. The van der Waals surface area contributed by atoms with E-state index in [9.17, 15) is 4.79 Å². The van der Waals surface area contributed by atoms with Crippen LogP contribution in [0.2, 0.25) is 0 Å². The SMILES string of the molecule is C[C@H]1COCCN1c1nc(-c2ccc(NC(=O)NC3CC3)cc2)nc2c1CN(C)C2. The van der Waals surface area contributed by atoms with Crippen LogP contribution in [0.5, 0.6) is 0 Å². The number of nitrogens with zero attached hydrogens (tertiary/aromatic N) is 4. The maximum absolute atomic E-state index is 12.0. The molecule has 2 N–H and O–H groups in total. The molecule has 2 fully saturated rings. The third kappa shape index (κ3) is 3.97. The second-order valence-corrected chi connectivity index (χ2v) is 8.54. The van der Waals surface area contributed by atoms with Crippen molar-refractivity contribution in [1.82, 2.24) is 20.2 Å². The minimum atomic E-state index is -0.148. The van der Waals surface area contributed by atoms with Gasteiger partial charge in [-0.2, -0.15) is 0 Å². The molecule has 0 unspecified atom stereocenters. The van der Waals surface area contributed by atoms with Gasteiger partial charge in [-0.1, -0.05) is 0 Å². The standard InChI is InChI=1S/C22H28N6O2/c1-14-13-30-10-9-28(14)21-18-11-27(2)12-19(18)25-20(26-21)15-3-5-16(6-4-15)23-22(29)24-17-7-8-17/h3-6,14,17H,7-13H2,1-2H3,(H2,23,24,29)/t14-/m0/s1. The van der Waals surface area contributed by atoms with Gasteiger partial charge in [0.05, 0.1) is 24.9 Å². The topological polar surface area (TPSA) is 82.6 Å². The van der Waals surface area contributed by atoms with E-state index < -0.39 is 0 Å². The maximum atomic E-state index is 12.0. The molecule has 158 valence electrons. The Labute approximate surface area is 176 Å². The molecule has 1 atom stereocenters. The molecule has 30 heavy (non-hydrogen) atoms. The van der Waals surface area contributed by atoms with Gasteiger partial charge in [-0.25, -0.2) is 14.8 Å². The summed E-state index contributed by atoms with van der Waals surface area (Å²) in [6.07, 6.45) is 2.14. The Bertz CT molecular complexity index is 943. The highest BCUT2D eigenvalue weighted by atomic mass is 16.5. The molecule has 2 aliphatic heterocycles. The van der Waals surface area contributed by atoms with Gasteiger partial charge in [0.25, 0.3) is 0 Å². The normalized spacial score (nSPS) is 21.4. The lowest BCUT2D eigenvalue weighted by Crippen LogP contribution is -2.44. The summed E-state index contributed by atoms with van der Waals surface area (Å²) in [6.45, 7) is 6.15. The number of benzene rings is 1. The lowest BCUT2D eigenvalue weighted by atomic mass is 10.1. The Balaban J connectivity index is 1.42. The van der Waals surface area contributed by atoms with E-state index in [2.05, 4.69) is 34.4 Å². The molecule has 3 aliphatic rings. The van der Waals surface area contributed by atoms with E-state index in [1.807, 2.05) is 24.3 Å². The molecule has 2 amide bonds. The molecule has 1 aromatic heterocycles. The molecular formula is C22H28N6O2. The number of amides is 2. The van der Waals surface area contributed by atoms with Crippen LogP contribution in [0.1, 0.15) is 31.0 Å². The first-order chi connectivity index (χ1) is 14.6. The molecule has 1 saturated carbocycles. The van der Waals surface area contributed by atoms with E-state index in [0.29, 0.717) is 12.6 Å². The molecule has 8 heteroatoms. The first kappa shape index (κ1) is 19.3. The van der Waals surface area contributed by atoms with Crippen LogP contribution >= 0.6 is 0 Å². The molecule has 5 rings (SSSR count). The van der Waals surface area contributed by atoms with Crippen LogP contribution in [-0.2, 0) is 17.8 Å². The molecule has 8 nitrogen and oxygen atoms in total. The summed E-state index contributed by atoms with van der Waals surface area (Å²) in [5.74, 6) is 1.76. The monoisotopic (exact) mass is 408 g/mol. The van der Waals surface area contributed by atoms with Crippen molar-refractivity contribution in [1.29, 1.82) is 0 Å². The van der Waals surface area contributed by atoms with Crippen molar-refractivity contribution in [3.05, 3.63) is 35.5 Å². The fraction of sp³-hybridized carbons (Fsp3) is 0.500. The summed E-state index contributed by atoms with van der Waals surface area (Å²) in [5, 5.41) is 5.82. The van der Waals surface area contributed by atoms with Crippen molar-refractivity contribution in [3.8, 4) is 11.4 Å². The fourth-order valence-electron chi connectivity index (χ4n) is 4.08. The number of carbonyl (C=O) groups is 1. The van der Waals surface area contributed by atoms with Crippen LogP contribution in [0.3, 0.4) is 0 Å². The Kier molecular flexibility index (Phi) is 5.04. The van der Waals surface area contributed by atoms with Crippen molar-refractivity contribution in [2.75, 3.05) is 37.0 Å². The Morgan fingerprint density at radius 3 is 2.70 bits per heavy atom. The maximum Gasteiger partial charge on any atom is 0.319 e. The number of hydrogen-bond acceptors (Lipinski definition) is 6. The highest BCUT2D eigenvalue weighted by Crippen LogP contribution is 2.33. The van der Waals surface area contributed by atoms with E-state index in [1.54, 1.807) is 0 Å². The van der Waals surface area contributed by atoms with Crippen molar-refractivity contribution in [2.24, 2.45) is 0 Å². The summed E-state index contributed by atoms with van der Waals surface area (Å²) in [6, 6.07) is 8.23. The van der Waals surface area contributed by atoms with E-state index in [-0.39, 0.29) is 12.1 Å². The van der Waals surface area contributed by atoms with Gasteiger partial charge in [0, 0.05) is 42.5 Å². The van der Waals surface area contributed by atoms with Crippen molar-refractivity contribution >= 4 is 17.5 Å². The van der Waals surface area contributed by atoms with Gasteiger partial charge in [0.15, 0.2) is 5.82 Å². The highest BCUT2D eigenvalue weighted by Gasteiger charge is 2.29. The summed E-state index contributed by atoms with van der Waals surface area (Å²) in [4.78, 5) is 26.5. The zero-order valence-electron chi connectivity index (χ0n) is 17.5. The zero-order chi connectivity index (χ0) is 20.7. The van der Waals surface area contributed by atoms with Crippen LogP contribution in [0.4, 0.5) is 16.3 Å². The van der Waals surface area contributed by atoms with Crippen LogP contribution in [0.15, 0.2) is 24.3 Å². The molecule has 0 radical (unpaired) electrons. The van der Waals surface area contributed by atoms with E-state index in [4.69, 9.17) is 14.7 Å². The fourth-order valence-corrected chi connectivity index (χ4v) is 4.08. The van der Waals surface area contributed by atoms with Gasteiger partial charge in [-0.05, 0) is 51.1 Å². The van der Waals surface area contributed by atoms with E-state index in [0.717, 1.165) is 67.7 Å². The lowest BCUT2D eigenvalue weighted by Gasteiger charge is -2.35. The van der Waals surface area contributed by atoms with Crippen LogP contribution < -0.4 is 15.5 Å². The Hall–Kier alpha value is -2.71. The lowest BCUT2D eigenvalue weighted by molar-refractivity contribution is 0.0984. The number of hydrogen-bond donors (Lipinski definition) is 2. The summed E-state index contributed by atoms with van der Waals surface area (Å²) in [5.41, 5.74) is 4.04. The molecule has 2 aromatic rings. The minimum Gasteiger partial charge on any atom is -0.377 e. The van der Waals surface area contributed by atoms with Crippen LogP contribution in [-0.4, -0.2) is 59.8 Å². The van der Waals surface area contributed by atoms with Crippen LogP contribution in [0, 0.1) is 0 Å². The second kappa shape index (κ2) is 7.85. The molecule has 3 heterocycles. The number of morpholine rings is 1. The number of carbonyl (C=O) groups excluding carboxylic acids is 1. The third-order valence-electron chi connectivity index (χ3n) is 5.87. The highest BCUT2D eigenvalue weighted by molar-refractivity contribution is 5.89. The molecule has 0 bridgehead atoms. The molecule has 1 saturated heterocycles. The molecule has 1 aliphatic carbocycles. The predicted octanol–water partition coefficient (Wildman–Crippen LogP) is 2.60. The van der Waals surface area contributed by atoms with Gasteiger partial charge >= 0.3 is 6.03 Å². The Morgan fingerprint density at radius 1 is 1.17 bits per heavy atom. The molecular weight excluding hydrogens is 380 g/mol. The average molecular weight is 409 g/mol. The van der Waals surface area contributed by atoms with E-state index in [1.165, 1.54) is 5.56 Å². The third-order valence-corrected chi connectivity index (χ3v) is 5.87. The van der Waals surface area contributed by atoms with Gasteiger partial charge in [-0.3, -0.25) is 4.90 Å².